The van der Waals surface area contributed by atoms with Gasteiger partial charge in [-0.05, 0) is 30.1 Å². The highest BCUT2D eigenvalue weighted by Gasteiger charge is 2.01. The summed E-state index contributed by atoms with van der Waals surface area (Å²) in [5.74, 6) is 1.19. The van der Waals surface area contributed by atoms with Crippen LogP contribution >= 0.6 is 11.8 Å². The smallest absolute Gasteiger partial charge is 0.207 e. The predicted octanol–water partition coefficient (Wildman–Crippen LogP) is 3.32. The summed E-state index contributed by atoms with van der Waals surface area (Å²) in [7, 11) is 0. The molecule has 0 radical (unpaired) electrons. The van der Waals surface area contributed by atoms with Gasteiger partial charge in [0.05, 0.1) is 5.88 Å². The lowest BCUT2D eigenvalue weighted by molar-refractivity contribution is -0.109. The molecule has 0 atom stereocenters. The lowest BCUT2D eigenvalue weighted by atomic mass is 10.00. The molecule has 1 N–H and O–H groups in total. The van der Waals surface area contributed by atoms with Crippen LogP contribution in [0.15, 0.2) is 23.6 Å². The summed E-state index contributed by atoms with van der Waals surface area (Å²) in [5, 5.41) is 2.60. The van der Waals surface area contributed by atoms with Crippen molar-refractivity contribution in [1.82, 2.24) is 5.32 Å². The van der Waals surface area contributed by atoms with Gasteiger partial charge in [-0.3, -0.25) is 4.79 Å². The van der Waals surface area contributed by atoms with Crippen LogP contribution in [-0.2, 0) is 4.79 Å². The normalized spacial score (nSPS) is 10.1. The van der Waals surface area contributed by atoms with E-state index in [-0.39, 0.29) is 0 Å². The van der Waals surface area contributed by atoms with Gasteiger partial charge in [0.2, 0.25) is 6.41 Å². The quantitative estimate of drug-likeness (QED) is 0.283. The Morgan fingerprint density at radius 2 is 2.07 bits per heavy atom. The van der Waals surface area contributed by atoms with Gasteiger partial charge in [-0.15, -0.1) is 11.8 Å². The van der Waals surface area contributed by atoms with Gasteiger partial charge < -0.3 is 5.32 Å². The molecule has 0 saturated carbocycles. The first-order valence-electron chi connectivity index (χ1n) is 5.23. The molecule has 2 nitrogen and oxygen atoms in total. The second-order valence-electron chi connectivity index (χ2n) is 3.82. The van der Waals surface area contributed by atoms with Gasteiger partial charge in [0.1, 0.15) is 0 Å². The van der Waals surface area contributed by atoms with Crippen molar-refractivity contribution in [3.63, 3.8) is 0 Å². The van der Waals surface area contributed by atoms with Crippen LogP contribution in [0.25, 0.3) is 0 Å². The van der Waals surface area contributed by atoms with Crippen LogP contribution in [0, 0.1) is 5.92 Å². The number of hydrogen-bond acceptors (Lipinski definition) is 2. The van der Waals surface area contributed by atoms with Crippen molar-refractivity contribution in [3.05, 3.63) is 23.6 Å². The van der Waals surface area contributed by atoms with Crippen LogP contribution in [0.2, 0.25) is 0 Å². The molecule has 0 aliphatic rings. The fraction of sp³-hybridized carbons (Fsp3) is 0.583. The average molecular weight is 227 g/mol. The Bertz CT molecular complexity index is 224. The van der Waals surface area contributed by atoms with E-state index in [9.17, 15) is 4.79 Å². The SMILES string of the molecule is C=C(CCCC(=C)C(C)C)SCNC=O. The molecule has 0 spiro atoms. The zero-order valence-electron chi connectivity index (χ0n) is 9.71. The monoisotopic (exact) mass is 227 g/mol. The van der Waals surface area contributed by atoms with E-state index in [2.05, 4.69) is 32.3 Å². The standard InChI is InChI=1S/C12H21NOS/c1-10(2)11(3)6-5-7-12(4)15-9-13-8-14/h8,10H,3-7,9H2,1-2H3,(H,13,14). The minimum atomic E-state index is 0.572. The van der Waals surface area contributed by atoms with Gasteiger partial charge in [0, 0.05) is 0 Å². The molecule has 0 unspecified atom stereocenters. The van der Waals surface area contributed by atoms with E-state index < -0.39 is 0 Å². The first-order chi connectivity index (χ1) is 7.07. The van der Waals surface area contributed by atoms with E-state index in [1.54, 1.807) is 11.8 Å². The van der Waals surface area contributed by atoms with Gasteiger partial charge in [-0.2, -0.15) is 0 Å². The Hall–Kier alpha value is -0.700. The number of rotatable bonds is 9. The van der Waals surface area contributed by atoms with Crippen molar-refractivity contribution >= 4 is 18.2 Å². The van der Waals surface area contributed by atoms with Gasteiger partial charge >= 0.3 is 0 Å². The van der Waals surface area contributed by atoms with Crippen LogP contribution in [0.1, 0.15) is 33.1 Å². The van der Waals surface area contributed by atoms with Crippen molar-refractivity contribution in [2.24, 2.45) is 5.92 Å². The Morgan fingerprint density at radius 3 is 2.60 bits per heavy atom. The summed E-state index contributed by atoms with van der Waals surface area (Å²) < 4.78 is 0. The first-order valence-corrected chi connectivity index (χ1v) is 6.21. The summed E-state index contributed by atoms with van der Waals surface area (Å²) in [6.45, 7) is 12.3. The van der Waals surface area contributed by atoms with Crippen LogP contribution in [0.5, 0.6) is 0 Å². The Kier molecular flexibility index (Phi) is 8.19. The zero-order chi connectivity index (χ0) is 11.7. The molecule has 0 rings (SSSR count). The van der Waals surface area contributed by atoms with Crippen molar-refractivity contribution in [2.75, 3.05) is 5.88 Å². The van der Waals surface area contributed by atoms with Gasteiger partial charge in [0.25, 0.3) is 0 Å². The maximum Gasteiger partial charge on any atom is 0.207 e. The molecule has 0 aliphatic heterocycles. The number of nitrogens with one attached hydrogen (secondary N) is 1. The molecular formula is C12H21NOS. The molecule has 0 heterocycles. The van der Waals surface area contributed by atoms with Crippen LogP contribution in [-0.4, -0.2) is 12.3 Å². The molecular weight excluding hydrogens is 206 g/mol. The highest BCUT2D eigenvalue weighted by atomic mass is 32.2. The fourth-order valence-corrected chi connectivity index (χ4v) is 1.70. The maximum atomic E-state index is 10.00. The third-order valence-electron chi connectivity index (χ3n) is 2.21. The summed E-state index contributed by atoms with van der Waals surface area (Å²) in [6, 6.07) is 0. The van der Waals surface area contributed by atoms with Crippen molar-refractivity contribution in [1.29, 1.82) is 0 Å². The summed E-state index contributed by atoms with van der Waals surface area (Å²) in [4.78, 5) is 11.1. The molecule has 0 aromatic heterocycles. The Morgan fingerprint density at radius 1 is 1.40 bits per heavy atom. The van der Waals surface area contributed by atoms with E-state index in [4.69, 9.17) is 0 Å². The van der Waals surface area contributed by atoms with Crippen LogP contribution in [0.3, 0.4) is 0 Å². The molecule has 0 bridgehead atoms. The molecule has 1 amide bonds. The molecule has 15 heavy (non-hydrogen) atoms. The van der Waals surface area contributed by atoms with E-state index in [0.29, 0.717) is 18.2 Å². The van der Waals surface area contributed by atoms with Crippen molar-refractivity contribution in [2.45, 2.75) is 33.1 Å². The van der Waals surface area contributed by atoms with Gasteiger partial charge in [0.15, 0.2) is 0 Å². The fourth-order valence-electron chi connectivity index (χ4n) is 1.05. The lowest BCUT2D eigenvalue weighted by Crippen LogP contribution is -2.08. The Balaban J connectivity index is 3.46. The first kappa shape index (κ1) is 14.3. The summed E-state index contributed by atoms with van der Waals surface area (Å²) in [5.41, 5.74) is 1.30. The molecule has 86 valence electrons. The molecule has 0 saturated heterocycles. The van der Waals surface area contributed by atoms with Gasteiger partial charge in [-0.25, -0.2) is 0 Å². The number of allylic oxidation sites excluding steroid dienone is 2. The zero-order valence-corrected chi connectivity index (χ0v) is 10.5. The van der Waals surface area contributed by atoms with E-state index in [1.807, 2.05) is 0 Å². The largest absolute Gasteiger partial charge is 0.349 e. The minimum Gasteiger partial charge on any atom is -0.349 e. The topological polar surface area (TPSA) is 29.1 Å². The second-order valence-corrected chi connectivity index (χ2v) is 4.97. The molecule has 0 aromatic rings. The van der Waals surface area contributed by atoms with Crippen LogP contribution < -0.4 is 5.32 Å². The molecule has 0 aromatic carbocycles. The average Bonchev–Trinajstić information content (AvgIpc) is 2.18. The lowest BCUT2D eigenvalue weighted by Gasteiger charge is -2.09. The number of thioether (sulfide) groups is 1. The highest BCUT2D eigenvalue weighted by Crippen LogP contribution is 2.21. The highest BCUT2D eigenvalue weighted by molar-refractivity contribution is 8.03. The summed E-state index contributed by atoms with van der Waals surface area (Å²) in [6.07, 6.45) is 3.88. The predicted molar refractivity (Wildman–Crippen MR) is 68.6 cm³/mol. The van der Waals surface area contributed by atoms with E-state index in [1.165, 1.54) is 5.57 Å². The molecule has 0 fully saturated rings. The minimum absolute atomic E-state index is 0.572. The van der Waals surface area contributed by atoms with E-state index in [0.717, 1.165) is 24.2 Å². The maximum absolute atomic E-state index is 10.00. The van der Waals surface area contributed by atoms with Crippen molar-refractivity contribution < 1.29 is 4.79 Å². The molecule has 0 aliphatic carbocycles. The number of carbonyl (C=O) groups excluding carboxylic acids is 1. The number of hydrogen-bond donors (Lipinski definition) is 1. The van der Waals surface area contributed by atoms with Crippen molar-refractivity contribution in [3.8, 4) is 0 Å². The third-order valence-corrected chi connectivity index (χ3v) is 3.14. The Labute approximate surface area is 97.2 Å². The van der Waals surface area contributed by atoms with Gasteiger partial charge in [-0.1, -0.05) is 32.6 Å². The molecule has 3 heteroatoms. The summed E-state index contributed by atoms with van der Waals surface area (Å²) >= 11 is 1.59. The second kappa shape index (κ2) is 8.60. The van der Waals surface area contributed by atoms with E-state index >= 15 is 0 Å². The third kappa shape index (κ3) is 8.30. The number of amides is 1. The number of carbonyl (C=O) groups is 1. The van der Waals surface area contributed by atoms with Crippen LogP contribution in [0.4, 0.5) is 0 Å².